The van der Waals surface area contributed by atoms with Crippen molar-refractivity contribution in [1.82, 2.24) is 0 Å². The van der Waals surface area contributed by atoms with E-state index in [4.69, 9.17) is 0 Å². The van der Waals surface area contributed by atoms with Gasteiger partial charge in [0.25, 0.3) is 0 Å². The van der Waals surface area contributed by atoms with Gasteiger partial charge in [-0.3, -0.25) is 0 Å². The molecule has 0 fully saturated rings. The van der Waals surface area contributed by atoms with Gasteiger partial charge in [-0.25, -0.2) is 4.79 Å². The molecule has 0 aromatic heterocycles. The lowest BCUT2D eigenvalue weighted by Crippen LogP contribution is -2.21. The van der Waals surface area contributed by atoms with Crippen LogP contribution in [0.5, 0.6) is 11.5 Å². The summed E-state index contributed by atoms with van der Waals surface area (Å²) in [7, 11) is -1.30. The highest BCUT2D eigenvalue weighted by Crippen LogP contribution is 2.35. The molecule has 0 saturated heterocycles. The number of phenols is 2. The van der Waals surface area contributed by atoms with Gasteiger partial charge in [0.1, 0.15) is 5.56 Å². The molecule has 0 aliphatic carbocycles. The second-order valence-corrected chi connectivity index (χ2v) is 11.6. The van der Waals surface area contributed by atoms with E-state index >= 15 is 0 Å². The molecule has 3 N–H and O–H groups in total. The van der Waals surface area contributed by atoms with E-state index in [-0.39, 0.29) is 11.3 Å². The predicted molar refractivity (Wildman–Crippen MR) is 78.0 cm³/mol. The second kappa shape index (κ2) is 5.65. The fourth-order valence-corrected chi connectivity index (χ4v) is 3.08. The molecule has 0 bridgehead atoms. The first-order valence-corrected chi connectivity index (χ1v) is 10.2. The number of hydrogen-bond acceptors (Lipinski definition) is 3. The zero-order valence-corrected chi connectivity index (χ0v) is 12.9. The molecule has 0 spiro atoms. The van der Waals surface area contributed by atoms with Crippen molar-refractivity contribution in [3.63, 3.8) is 0 Å². The minimum absolute atomic E-state index is 0.143. The van der Waals surface area contributed by atoms with Crippen LogP contribution in [-0.2, 0) is 12.8 Å². The number of benzene rings is 1. The number of aryl methyl sites for hydroxylation is 1. The molecule has 0 unspecified atom stereocenters. The Morgan fingerprint density at radius 1 is 1.26 bits per heavy atom. The van der Waals surface area contributed by atoms with Gasteiger partial charge < -0.3 is 15.3 Å². The maximum Gasteiger partial charge on any atom is 0.339 e. The summed E-state index contributed by atoms with van der Waals surface area (Å²) < 4.78 is 0. The highest BCUT2D eigenvalue weighted by Gasteiger charge is 2.23. The standard InChI is InChI=1S/C14H22O4Si/c1-5-9-8-11(15)13(16)12(14(17)18)10(9)6-7-19(2,3)4/h8,15-16H,5-7H2,1-4H3,(H,17,18). The Labute approximate surface area is 114 Å². The SMILES string of the molecule is CCc1cc(O)c(O)c(C(=O)O)c1CC[Si](C)(C)C. The fourth-order valence-electron chi connectivity index (χ4n) is 2.08. The molecule has 5 heteroatoms. The average Bonchev–Trinajstić information content (AvgIpc) is 2.28. The largest absolute Gasteiger partial charge is 0.504 e. The van der Waals surface area contributed by atoms with Crippen molar-refractivity contribution in [2.24, 2.45) is 0 Å². The smallest absolute Gasteiger partial charge is 0.339 e. The molecule has 106 valence electrons. The maximum absolute atomic E-state index is 11.3. The second-order valence-electron chi connectivity index (χ2n) is 5.98. The summed E-state index contributed by atoms with van der Waals surface area (Å²) in [4.78, 5) is 11.3. The number of carbonyl (C=O) groups is 1. The lowest BCUT2D eigenvalue weighted by Gasteiger charge is -2.19. The summed E-state index contributed by atoms with van der Waals surface area (Å²) in [5.74, 6) is -2.06. The Kier molecular flexibility index (Phi) is 4.63. The number of carboxylic acids is 1. The molecule has 1 aromatic rings. The fraction of sp³-hybridized carbons (Fsp3) is 0.500. The van der Waals surface area contributed by atoms with E-state index < -0.39 is 19.8 Å². The van der Waals surface area contributed by atoms with Crippen molar-refractivity contribution in [3.05, 3.63) is 22.8 Å². The number of phenolic OH excluding ortho intramolecular Hbond substituents is 1. The Morgan fingerprint density at radius 3 is 2.26 bits per heavy atom. The molecular weight excluding hydrogens is 260 g/mol. The van der Waals surface area contributed by atoms with Crippen LogP contribution in [0.25, 0.3) is 0 Å². The molecule has 0 aliphatic rings. The number of hydrogen-bond donors (Lipinski definition) is 3. The van der Waals surface area contributed by atoms with Crippen molar-refractivity contribution >= 4 is 14.0 Å². The molecule has 1 rings (SSSR count). The molecule has 0 heterocycles. The highest BCUT2D eigenvalue weighted by molar-refractivity contribution is 6.76. The number of rotatable bonds is 5. The minimum Gasteiger partial charge on any atom is -0.504 e. The van der Waals surface area contributed by atoms with Gasteiger partial charge in [0.05, 0.1) is 0 Å². The lowest BCUT2D eigenvalue weighted by molar-refractivity contribution is 0.0691. The van der Waals surface area contributed by atoms with E-state index in [0.717, 1.165) is 11.6 Å². The summed E-state index contributed by atoms with van der Waals surface area (Å²) in [5.41, 5.74) is 1.31. The molecule has 1 aromatic carbocycles. The highest BCUT2D eigenvalue weighted by atomic mass is 28.3. The van der Waals surface area contributed by atoms with Gasteiger partial charge in [-0.2, -0.15) is 0 Å². The van der Waals surface area contributed by atoms with Crippen molar-refractivity contribution < 1.29 is 20.1 Å². The van der Waals surface area contributed by atoms with Gasteiger partial charge in [0.2, 0.25) is 0 Å². The maximum atomic E-state index is 11.3. The van der Waals surface area contributed by atoms with Crippen LogP contribution in [0.2, 0.25) is 25.7 Å². The molecule has 0 radical (unpaired) electrons. The van der Waals surface area contributed by atoms with Crippen LogP contribution in [0.1, 0.15) is 28.4 Å². The Hall–Kier alpha value is -1.49. The quantitative estimate of drug-likeness (QED) is 0.572. The number of carboxylic acid groups (broad SMARTS) is 1. The minimum atomic E-state index is -1.30. The number of aromatic carboxylic acids is 1. The van der Waals surface area contributed by atoms with Crippen LogP contribution in [0.3, 0.4) is 0 Å². The van der Waals surface area contributed by atoms with Crippen molar-refractivity contribution in [1.29, 1.82) is 0 Å². The van der Waals surface area contributed by atoms with E-state index in [9.17, 15) is 20.1 Å². The zero-order chi connectivity index (χ0) is 14.8. The molecule has 4 nitrogen and oxygen atoms in total. The molecule has 0 amide bonds. The third-order valence-electron chi connectivity index (χ3n) is 3.20. The van der Waals surface area contributed by atoms with E-state index in [1.807, 2.05) is 6.92 Å². The van der Waals surface area contributed by atoms with E-state index in [0.29, 0.717) is 18.4 Å². The normalized spacial score (nSPS) is 11.6. The summed E-state index contributed by atoms with van der Waals surface area (Å²) in [6.07, 6.45) is 1.27. The van der Waals surface area contributed by atoms with Crippen LogP contribution in [0.4, 0.5) is 0 Å². The summed E-state index contributed by atoms with van der Waals surface area (Å²) in [6.45, 7) is 8.58. The van der Waals surface area contributed by atoms with Crippen LogP contribution in [0, 0.1) is 0 Å². The molecule has 0 atom stereocenters. The van der Waals surface area contributed by atoms with E-state index in [1.165, 1.54) is 6.07 Å². The molecule has 19 heavy (non-hydrogen) atoms. The van der Waals surface area contributed by atoms with E-state index in [2.05, 4.69) is 19.6 Å². The van der Waals surface area contributed by atoms with E-state index in [1.54, 1.807) is 0 Å². The van der Waals surface area contributed by atoms with Gasteiger partial charge >= 0.3 is 5.97 Å². The zero-order valence-electron chi connectivity index (χ0n) is 11.9. The van der Waals surface area contributed by atoms with Crippen molar-refractivity contribution in [2.45, 2.75) is 45.5 Å². The lowest BCUT2D eigenvalue weighted by atomic mass is 9.95. The third-order valence-corrected chi connectivity index (χ3v) is 4.95. The number of aromatic hydroxyl groups is 2. The first-order valence-electron chi connectivity index (χ1n) is 6.47. The molecule has 0 saturated carbocycles. The summed E-state index contributed by atoms with van der Waals surface area (Å²) in [5, 5.41) is 28.6. The van der Waals surface area contributed by atoms with Gasteiger partial charge in [-0.1, -0.05) is 32.6 Å². The van der Waals surface area contributed by atoms with Crippen LogP contribution < -0.4 is 0 Å². The Morgan fingerprint density at radius 2 is 1.84 bits per heavy atom. The topological polar surface area (TPSA) is 77.8 Å². The van der Waals surface area contributed by atoms with Crippen molar-refractivity contribution in [3.8, 4) is 11.5 Å². The average molecular weight is 282 g/mol. The molecular formula is C14H22O4Si. The van der Waals surface area contributed by atoms with Gasteiger partial charge in [-0.15, -0.1) is 0 Å². The first-order chi connectivity index (χ1) is 8.67. The Balaban J connectivity index is 3.33. The van der Waals surface area contributed by atoms with Crippen LogP contribution >= 0.6 is 0 Å². The van der Waals surface area contributed by atoms with Crippen LogP contribution in [0.15, 0.2) is 6.07 Å². The molecule has 0 aliphatic heterocycles. The third kappa shape index (κ3) is 3.73. The monoisotopic (exact) mass is 282 g/mol. The predicted octanol–water partition coefficient (Wildman–Crippen LogP) is 3.24. The van der Waals surface area contributed by atoms with Gasteiger partial charge in [0.15, 0.2) is 11.5 Å². The van der Waals surface area contributed by atoms with Crippen molar-refractivity contribution in [2.75, 3.05) is 0 Å². The van der Waals surface area contributed by atoms with Gasteiger partial charge in [-0.05, 0) is 30.0 Å². The van der Waals surface area contributed by atoms with Crippen LogP contribution in [-0.4, -0.2) is 29.4 Å². The summed E-state index contributed by atoms with van der Waals surface area (Å²) in [6, 6.07) is 2.42. The first kappa shape index (κ1) is 15.6. The van der Waals surface area contributed by atoms with Gasteiger partial charge in [0, 0.05) is 8.07 Å². The summed E-state index contributed by atoms with van der Waals surface area (Å²) >= 11 is 0. The Bertz CT molecular complexity index is 489.